The predicted octanol–water partition coefficient (Wildman–Crippen LogP) is 3.43. The summed E-state index contributed by atoms with van der Waals surface area (Å²) in [5.74, 6) is 0.108. The molecule has 1 aliphatic heterocycles. The van der Waals surface area contributed by atoms with Crippen LogP contribution >= 0.6 is 11.6 Å². The van der Waals surface area contributed by atoms with Crippen molar-refractivity contribution in [1.82, 2.24) is 4.98 Å². The van der Waals surface area contributed by atoms with E-state index in [2.05, 4.69) is 4.98 Å². The monoisotopic (exact) mass is 263 g/mol. The molecule has 1 saturated heterocycles. The third kappa shape index (κ3) is 1.74. The largest absolute Gasteiger partial charge is 0.378 e. The van der Waals surface area contributed by atoms with E-state index in [1.54, 1.807) is 6.20 Å². The van der Waals surface area contributed by atoms with Crippen LogP contribution in [-0.2, 0) is 4.74 Å². The highest BCUT2D eigenvalue weighted by atomic mass is 35.5. The van der Waals surface area contributed by atoms with Crippen LogP contribution in [0.25, 0.3) is 10.9 Å². The second-order valence-corrected chi connectivity index (χ2v) is 5.11. The van der Waals surface area contributed by atoms with Crippen molar-refractivity contribution >= 4 is 28.3 Å². The lowest BCUT2D eigenvalue weighted by Gasteiger charge is -2.11. The number of fused-ring (bicyclic) bond motifs is 1. The first-order valence-corrected chi connectivity index (χ1v) is 6.47. The van der Waals surface area contributed by atoms with Crippen LogP contribution in [-0.4, -0.2) is 23.5 Å². The number of aromatic nitrogens is 1. The van der Waals surface area contributed by atoms with Gasteiger partial charge in [-0.1, -0.05) is 23.7 Å². The van der Waals surface area contributed by atoms with Gasteiger partial charge >= 0.3 is 0 Å². The molecular weight excluding hydrogens is 250 g/mol. The third-order valence-electron chi connectivity index (χ3n) is 3.64. The van der Waals surface area contributed by atoms with Crippen LogP contribution in [0.15, 0.2) is 24.4 Å². The molecule has 18 heavy (non-hydrogen) atoms. The van der Waals surface area contributed by atoms with Gasteiger partial charge < -0.3 is 9.72 Å². The first-order valence-electron chi connectivity index (χ1n) is 6.10. The molecule has 0 aliphatic carbocycles. The number of benzene rings is 1. The smallest absolute Gasteiger partial charge is 0.170 e. The van der Waals surface area contributed by atoms with Gasteiger partial charge in [0.15, 0.2) is 5.78 Å². The Hall–Kier alpha value is -1.32. The highest BCUT2D eigenvalue weighted by Crippen LogP contribution is 2.30. The number of rotatable bonds is 2. The molecule has 0 bridgehead atoms. The van der Waals surface area contributed by atoms with Gasteiger partial charge in [0.2, 0.25) is 0 Å². The second-order valence-electron chi connectivity index (χ2n) is 4.70. The number of carbonyl (C=O) groups is 1. The van der Waals surface area contributed by atoms with Crippen molar-refractivity contribution in [3.8, 4) is 0 Å². The molecule has 1 aliphatic rings. The maximum Gasteiger partial charge on any atom is 0.170 e. The van der Waals surface area contributed by atoms with Gasteiger partial charge in [0.25, 0.3) is 0 Å². The van der Waals surface area contributed by atoms with E-state index in [0.29, 0.717) is 11.6 Å². The molecule has 2 heterocycles. The second kappa shape index (κ2) is 4.41. The SMILES string of the molecule is CC1OCCC1C(=O)c1c[nH]c2c(Cl)cccc12. The van der Waals surface area contributed by atoms with E-state index in [4.69, 9.17) is 16.3 Å². The molecule has 3 nitrogen and oxygen atoms in total. The minimum Gasteiger partial charge on any atom is -0.378 e. The summed E-state index contributed by atoms with van der Waals surface area (Å²) in [6.45, 7) is 2.62. The Morgan fingerprint density at radius 2 is 2.33 bits per heavy atom. The summed E-state index contributed by atoms with van der Waals surface area (Å²) in [6, 6.07) is 5.60. The number of aromatic amines is 1. The lowest BCUT2D eigenvalue weighted by Crippen LogP contribution is -2.21. The molecule has 2 unspecified atom stereocenters. The van der Waals surface area contributed by atoms with Gasteiger partial charge in [0.1, 0.15) is 0 Å². The van der Waals surface area contributed by atoms with E-state index in [-0.39, 0.29) is 17.8 Å². The standard InChI is InChI=1S/C14H14ClNO2/c1-8-9(5-6-18-8)14(17)11-7-16-13-10(11)3-2-4-12(13)15/h2-4,7-9,16H,5-6H2,1H3. The van der Waals surface area contributed by atoms with Gasteiger partial charge in [0, 0.05) is 23.8 Å². The molecule has 3 rings (SSSR count). The van der Waals surface area contributed by atoms with Crippen molar-refractivity contribution in [2.75, 3.05) is 6.61 Å². The lowest BCUT2D eigenvalue weighted by molar-refractivity contribution is 0.0766. The molecule has 2 aromatic rings. The summed E-state index contributed by atoms with van der Waals surface area (Å²) in [7, 11) is 0. The van der Waals surface area contributed by atoms with E-state index in [0.717, 1.165) is 22.9 Å². The van der Waals surface area contributed by atoms with Crippen LogP contribution in [0.2, 0.25) is 5.02 Å². The molecule has 0 radical (unpaired) electrons. The van der Waals surface area contributed by atoms with Crippen LogP contribution in [0.1, 0.15) is 23.7 Å². The van der Waals surface area contributed by atoms with Crippen molar-refractivity contribution in [2.45, 2.75) is 19.4 Å². The molecule has 0 saturated carbocycles. The summed E-state index contributed by atoms with van der Waals surface area (Å²) < 4.78 is 5.46. The van der Waals surface area contributed by atoms with E-state index in [9.17, 15) is 4.79 Å². The molecule has 1 aromatic heterocycles. The van der Waals surface area contributed by atoms with Crippen molar-refractivity contribution in [1.29, 1.82) is 0 Å². The summed E-state index contributed by atoms with van der Waals surface area (Å²) in [4.78, 5) is 15.6. The number of carbonyl (C=O) groups excluding carboxylic acids is 1. The molecule has 4 heteroatoms. The number of H-pyrrole nitrogens is 1. The van der Waals surface area contributed by atoms with Gasteiger partial charge in [-0.3, -0.25) is 4.79 Å². The van der Waals surface area contributed by atoms with Crippen LogP contribution in [0.3, 0.4) is 0 Å². The number of nitrogens with one attached hydrogen (secondary N) is 1. The van der Waals surface area contributed by atoms with Gasteiger partial charge in [-0.2, -0.15) is 0 Å². The number of Topliss-reactive ketones (excluding diaryl/α,β-unsaturated/α-hetero) is 1. The fourth-order valence-corrected chi connectivity index (χ4v) is 2.83. The first-order chi connectivity index (χ1) is 8.68. The molecule has 2 atom stereocenters. The van der Waals surface area contributed by atoms with Crippen molar-refractivity contribution in [3.05, 3.63) is 35.0 Å². The number of hydrogen-bond acceptors (Lipinski definition) is 2. The average molecular weight is 264 g/mol. The molecule has 1 fully saturated rings. The number of hydrogen-bond donors (Lipinski definition) is 1. The minimum atomic E-state index is -0.0389. The summed E-state index contributed by atoms with van der Waals surface area (Å²) in [5, 5.41) is 1.54. The zero-order chi connectivity index (χ0) is 12.7. The Bertz CT molecular complexity index is 605. The molecule has 0 spiro atoms. The van der Waals surface area contributed by atoms with Gasteiger partial charge in [-0.15, -0.1) is 0 Å². The quantitative estimate of drug-likeness (QED) is 0.844. The first kappa shape index (κ1) is 11.8. The highest BCUT2D eigenvalue weighted by molar-refractivity contribution is 6.35. The zero-order valence-electron chi connectivity index (χ0n) is 10.1. The lowest BCUT2D eigenvalue weighted by atomic mass is 9.92. The molecule has 0 amide bonds. The number of ether oxygens (including phenoxy) is 1. The normalized spacial score (nSPS) is 23.7. The molecule has 1 N–H and O–H groups in total. The van der Waals surface area contributed by atoms with Crippen LogP contribution in [0.4, 0.5) is 0 Å². The van der Waals surface area contributed by atoms with Crippen molar-refractivity contribution < 1.29 is 9.53 Å². The molecule has 1 aromatic carbocycles. The summed E-state index contributed by atoms with van der Waals surface area (Å²) >= 11 is 6.10. The maximum absolute atomic E-state index is 12.5. The number of para-hydroxylation sites is 1. The highest BCUT2D eigenvalue weighted by Gasteiger charge is 2.32. The van der Waals surface area contributed by atoms with Gasteiger partial charge in [-0.05, 0) is 19.4 Å². The van der Waals surface area contributed by atoms with Gasteiger partial charge in [-0.25, -0.2) is 0 Å². The van der Waals surface area contributed by atoms with Crippen LogP contribution < -0.4 is 0 Å². The van der Waals surface area contributed by atoms with E-state index in [1.165, 1.54) is 0 Å². The topological polar surface area (TPSA) is 42.1 Å². The number of halogens is 1. The number of ketones is 1. The van der Waals surface area contributed by atoms with Crippen molar-refractivity contribution in [3.63, 3.8) is 0 Å². The van der Waals surface area contributed by atoms with Crippen LogP contribution in [0.5, 0.6) is 0 Å². The maximum atomic E-state index is 12.5. The third-order valence-corrected chi connectivity index (χ3v) is 3.96. The van der Waals surface area contributed by atoms with Crippen molar-refractivity contribution in [2.24, 2.45) is 5.92 Å². The van der Waals surface area contributed by atoms with Crippen LogP contribution in [0, 0.1) is 5.92 Å². The van der Waals surface area contributed by atoms with E-state index >= 15 is 0 Å². The summed E-state index contributed by atoms with van der Waals surface area (Å²) in [6.07, 6.45) is 2.55. The molecular formula is C14H14ClNO2. The fraction of sp³-hybridized carbons (Fsp3) is 0.357. The zero-order valence-corrected chi connectivity index (χ0v) is 10.8. The Kier molecular flexibility index (Phi) is 2.88. The summed E-state index contributed by atoms with van der Waals surface area (Å²) in [5.41, 5.74) is 1.55. The molecule has 94 valence electrons. The van der Waals surface area contributed by atoms with E-state index in [1.807, 2.05) is 25.1 Å². The average Bonchev–Trinajstić information content (AvgIpc) is 2.95. The Labute approximate surface area is 110 Å². The Morgan fingerprint density at radius 3 is 3.06 bits per heavy atom. The minimum absolute atomic E-state index is 0.00151. The van der Waals surface area contributed by atoms with Gasteiger partial charge in [0.05, 0.1) is 22.6 Å². The Balaban J connectivity index is 2.04. The predicted molar refractivity (Wildman–Crippen MR) is 71.2 cm³/mol. The Morgan fingerprint density at radius 1 is 1.50 bits per heavy atom. The van der Waals surface area contributed by atoms with E-state index < -0.39 is 0 Å². The fourth-order valence-electron chi connectivity index (χ4n) is 2.60.